The maximum atomic E-state index is 9.64. The standard InChI is InChI=1S/C12H15NO.CH2O/c1-5-9-8(3)12(14)7-11(13-4)10(9)6-2;1-2/h5-7,13-14H,1-2H2,3-4H3;1H2. The molecule has 3 nitrogen and oxygen atoms in total. The molecular weight excluding hydrogens is 202 g/mol. The van der Waals surface area contributed by atoms with Gasteiger partial charge in [0, 0.05) is 24.4 Å². The number of hydrogen-bond acceptors (Lipinski definition) is 3. The number of phenolic OH excluding ortho intramolecular Hbond substituents is 1. The summed E-state index contributed by atoms with van der Waals surface area (Å²) in [7, 11) is 1.81. The number of anilines is 1. The van der Waals surface area contributed by atoms with E-state index in [1.54, 1.807) is 18.2 Å². The van der Waals surface area contributed by atoms with Gasteiger partial charge < -0.3 is 15.2 Å². The molecule has 1 rings (SSSR count). The van der Waals surface area contributed by atoms with Crippen LogP contribution in [0.3, 0.4) is 0 Å². The van der Waals surface area contributed by atoms with Gasteiger partial charge in [-0.2, -0.15) is 0 Å². The zero-order chi connectivity index (χ0) is 12.7. The Kier molecular flexibility index (Phi) is 5.63. The van der Waals surface area contributed by atoms with Crippen LogP contribution in [-0.4, -0.2) is 18.9 Å². The summed E-state index contributed by atoms with van der Waals surface area (Å²) >= 11 is 0. The molecule has 0 fully saturated rings. The van der Waals surface area contributed by atoms with E-state index in [2.05, 4.69) is 18.5 Å². The second-order valence-electron chi connectivity index (χ2n) is 3.05. The van der Waals surface area contributed by atoms with Gasteiger partial charge in [0.2, 0.25) is 0 Å². The highest BCUT2D eigenvalue weighted by Crippen LogP contribution is 2.32. The number of benzene rings is 1. The van der Waals surface area contributed by atoms with Crippen LogP contribution in [0.5, 0.6) is 5.75 Å². The van der Waals surface area contributed by atoms with E-state index in [-0.39, 0.29) is 5.75 Å². The summed E-state index contributed by atoms with van der Waals surface area (Å²) < 4.78 is 0. The van der Waals surface area contributed by atoms with Crippen molar-refractivity contribution in [2.24, 2.45) is 0 Å². The van der Waals surface area contributed by atoms with Crippen LogP contribution < -0.4 is 5.32 Å². The summed E-state index contributed by atoms with van der Waals surface area (Å²) in [6.07, 6.45) is 3.49. The molecule has 0 aliphatic heterocycles. The van der Waals surface area contributed by atoms with Crippen LogP contribution >= 0.6 is 0 Å². The van der Waals surface area contributed by atoms with Crippen molar-refractivity contribution >= 4 is 24.6 Å². The fourth-order valence-electron chi connectivity index (χ4n) is 1.50. The molecule has 0 bridgehead atoms. The van der Waals surface area contributed by atoms with Gasteiger partial charge >= 0.3 is 0 Å². The predicted molar refractivity (Wildman–Crippen MR) is 69.7 cm³/mol. The van der Waals surface area contributed by atoms with Gasteiger partial charge in [-0.05, 0) is 18.1 Å². The van der Waals surface area contributed by atoms with Gasteiger partial charge in [0.05, 0.1) is 0 Å². The van der Waals surface area contributed by atoms with Gasteiger partial charge in [-0.25, -0.2) is 0 Å². The van der Waals surface area contributed by atoms with Gasteiger partial charge in [-0.3, -0.25) is 0 Å². The van der Waals surface area contributed by atoms with E-state index in [4.69, 9.17) is 4.79 Å². The smallest absolute Gasteiger partial charge is 0.121 e. The second-order valence-corrected chi connectivity index (χ2v) is 3.05. The van der Waals surface area contributed by atoms with E-state index in [1.165, 1.54) is 0 Å². The van der Waals surface area contributed by atoms with Crippen LogP contribution in [-0.2, 0) is 4.79 Å². The lowest BCUT2D eigenvalue weighted by molar-refractivity contribution is -0.0979. The van der Waals surface area contributed by atoms with Crippen molar-refractivity contribution in [2.75, 3.05) is 12.4 Å². The lowest BCUT2D eigenvalue weighted by Gasteiger charge is -2.13. The van der Waals surface area contributed by atoms with Crippen LogP contribution in [0.2, 0.25) is 0 Å². The van der Waals surface area contributed by atoms with Crippen molar-refractivity contribution in [2.45, 2.75) is 6.92 Å². The molecule has 0 amide bonds. The largest absolute Gasteiger partial charge is 0.508 e. The zero-order valence-corrected chi connectivity index (χ0v) is 9.71. The van der Waals surface area contributed by atoms with Crippen molar-refractivity contribution in [1.82, 2.24) is 0 Å². The van der Waals surface area contributed by atoms with Gasteiger partial charge in [0.25, 0.3) is 0 Å². The highest BCUT2D eigenvalue weighted by molar-refractivity contribution is 5.78. The number of hydrogen-bond donors (Lipinski definition) is 2. The summed E-state index contributed by atoms with van der Waals surface area (Å²) in [6, 6.07) is 1.69. The molecule has 1 aromatic carbocycles. The topological polar surface area (TPSA) is 49.3 Å². The Balaban J connectivity index is 0.00000106. The maximum absolute atomic E-state index is 9.64. The average Bonchev–Trinajstić information content (AvgIpc) is 2.34. The molecule has 0 saturated heterocycles. The van der Waals surface area contributed by atoms with Crippen LogP contribution in [0.1, 0.15) is 16.7 Å². The molecule has 0 radical (unpaired) electrons. The summed E-state index contributed by atoms with van der Waals surface area (Å²) in [5.41, 5.74) is 3.58. The Morgan fingerprint density at radius 3 is 2.12 bits per heavy atom. The number of phenols is 1. The molecule has 0 aromatic heterocycles. The van der Waals surface area contributed by atoms with Crippen LogP contribution in [0.25, 0.3) is 12.2 Å². The molecule has 0 aliphatic carbocycles. The Hall–Kier alpha value is -2.03. The van der Waals surface area contributed by atoms with Gasteiger partial charge in [0.15, 0.2) is 0 Å². The summed E-state index contributed by atoms with van der Waals surface area (Å²) in [5, 5.41) is 12.7. The minimum atomic E-state index is 0.273. The van der Waals surface area contributed by atoms with E-state index < -0.39 is 0 Å². The molecule has 0 unspecified atom stereocenters. The normalized spacial score (nSPS) is 8.62. The minimum Gasteiger partial charge on any atom is -0.508 e. The predicted octanol–water partition coefficient (Wildman–Crippen LogP) is 2.84. The van der Waals surface area contributed by atoms with Crippen molar-refractivity contribution < 1.29 is 9.90 Å². The molecule has 16 heavy (non-hydrogen) atoms. The molecule has 0 atom stereocenters. The quantitative estimate of drug-likeness (QED) is 0.821. The monoisotopic (exact) mass is 219 g/mol. The lowest BCUT2D eigenvalue weighted by Crippen LogP contribution is -1.96. The number of nitrogens with one attached hydrogen (secondary N) is 1. The summed E-state index contributed by atoms with van der Waals surface area (Å²) in [4.78, 5) is 8.00. The van der Waals surface area contributed by atoms with E-state index >= 15 is 0 Å². The lowest BCUT2D eigenvalue weighted by atomic mass is 9.99. The first-order chi connectivity index (χ1) is 7.65. The van der Waals surface area contributed by atoms with E-state index in [0.29, 0.717) is 0 Å². The highest BCUT2D eigenvalue weighted by atomic mass is 16.3. The maximum Gasteiger partial charge on any atom is 0.121 e. The fourth-order valence-corrected chi connectivity index (χ4v) is 1.50. The second kappa shape index (κ2) is 6.45. The number of aromatic hydroxyl groups is 1. The third kappa shape index (κ3) is 2.51. The Bertz CT molecular complexity index is 397. The molecule has 2 N–H and O–H groups in total. The summed E-state index contributed by atoms with van der Waals surface area (Å²) in [6.45, 7) is 11.3. The SMILES string of the molecule is C=Cc1c(NC)cc(O)c(C)c1C=C.C=O. The molecule has 86 valence electrons. The highest BCUT2D eigenvalue weighted by Gasteiger charge is 2.09. The Morgan fingerprint density at radius 2 is 1.75 bits per heavy atom. The molecule has 0 spiro atoms. The number of carbonyl (C=O) groups is 1. The first-order valence-electron chi connectivity index (χ1n) is 4.73. The molecular formula is C13H17NO2. The van der Waals surface area contributed by atoms with E-state index in [1.807, 2.05) is 20.8 Å². The zero-order valence-electron chi connectivity index (χ0n) is 9.71. The van der Waals surface area contributed by atoms with Crippen LogP contribution in [0, 0.1) is 6.92 Å². The molecule has 3 heteroatoms. The van der Waals surface area contributed by atoms with E-state index in [0.717, 1.165) is 22.4 Å². The van der Waals surface area contributed by atoms with Crippen LogP contribution in [0.15, 0.2) is 19.2 Å². The van der Waals surface area contributed by atoms with Gasteiger partial charge in [0.1, 0.15) is 12.5 Å². The molecule has 0 saturated carbocycles. The van der Waals surface area contributed by atoms with Crippen LogP contribution in [0.4, 0.5) is 5.69 Å². The third-order valence-corrected chi connectivity index (χ3v) is 2.33. The summed E-state index contributed by atoms with van der Waals surface area (Å²) in [5.74, 6) is 0.273. The Labute approximate surface area is 96.1 Å². The fraction of sp³-hybridized carbons (Fsp3) is 0.154. The van der Waals surface area contributed by atoms with Crippen molar-refractivity contribution in [3.8, 4) is 5.75 Å². The minimum absolute atomic E-state index is 0.273. The number of carbonyl (C=O) groups excluding carboxylic acids is 1. The average molecular weight is 219 g/mol. The molecule has 0 heterocycles. The van der Waals surface area contributed by atoms with Crippen molar-refractivity contribution in [3.63, 3.8) is 0 Å². The molecule has 1 aromatic rings. The van der Waals surface area contributed by atoms with E-state index in [9.17, 15) is 5.11 Å². The number of rotatable bonds is 3. The van der Waals surface area contributed by atoms with Gasteiger partial charge in [-0.15, -0.1) is 0 Å². The first-order valence-corrected chi connectivity index (χ1v) is 4.73. The Morgan fingerprint density at radius 1 is 1.25 bits per heavy atom. The molecule has 0 aliphatic rings. The van der Waals surface area contributed by atoms with Gasteiger partial charge in [-0.1, -0.05) is 25.3 Å². The van der Waals surface area contributed by atoms with Crippen molar-refractivity contribution in [1.29, 1.82) is 0 Å². The first kappa shape index (κ1) is 14.0. The van der Waals surface area contributed by atoms with Crippen molar-refractivity contribution in [3.05, 3.63) is 35.9 Å². The third-order valence-electron chi connectivity index (χ3n) is 2.33.